The lowest BCUT2D eigenvalue weighted by Gasteiger charge is -2.46. The van der Waals surface area contributed by atoms with E-state index in [9.17, 15) is 4.79 Å². The standard InChI is InChI=1S/C21H26N2O3/c1-4-13-11-22(2)18-10-21(19-9-14(13)15(18)12-26-19)16-7-5-6-8-17(16)23(25-3)20(21)24/h4-8,14-15,18-19H,9-12H2,1-3H3/t14-,15?,18?,19-,21-/m0/s1. The Bertz CT molecular complexity index is 791. The molecule has 5 heteroatoms. The molecule has 1 amide bonds. The average molecular weight is 354 g/mol. The van der Waals surface area contributed by atoms with Crippen molar-refractivity contribution in [3.8, 4) is 0 Å². The predicted octanol–water partition coefficient (Wildman–Crippen LogP) is 2.52. The molecule has 5 nitrogen and oxygen atoms in total. The molecule has 0 aromatic heterocycles. The van der Waals surface area contributed by atoms with Crippen molar-refractivity contribution >= 4 is 11.6 Å². The number of carbonyl (C=O) groups is 1. The first kappa shape index (κ1) is 16.5. The van der Waals surface area contributed by atoms with E-state index in [-0.39, 0.29) is 12.0 Å². The number of rotatable bonds is 1. The third-order valence-electron chi connectivity index (χ3n) is 7.25. The molecule has 4 heterocycles. The van der Waals surface area contributed by atoms with E-state index in [0.29, 0.717) is 17.9 Å². The number of carbonyl (C=O) groups excluding carboxylic acids is 1. The van der Waals surface area contributed by atoms with E-state index in [0.717, 1.165) is 37.2 Å². The van der Waals surface area contributed by atoms with Gasteiger partial charge in [0, 0.05) is 18.5 Å². The second-order valence-electron chi connectivity index (χ2n) is 8.15. The fourth-order valence-corrected chi connectivity index (χ4v) is 6.01. The summed E-state index contributed by atoms with van der Waals surface area (Å²) in [6, 6.07) is 8.42. The van der Waals surface area contributed by atoms with Crippen LogP contribution in [0.5, 0.6) is 0 Å². The Morgan fingerprint density at radius 2 is 2.15 bits per heavy atom. The molecule has 1 spiro atoms. The fraction of sp³-hybridized carbons (Fsp3) is 0.571. The number of nitrogens with zero attached hydrogens (tertiary/aromatic N) is 2. The van der Waals surface area contributed by atoms with Crippen LogP contribution >= 0.6 is 0 Å². The summed E-state index contributed by atoms with van der Waals surface area (Å²) in [5, 5.41) is 1.48. The number of likely N-dealkylation sites (N-methyl/N-ethyl adjacent to an activating group) is 1. The van der Waals surface area contributed by atoms with Crippen molar-refractivity contribution in [3.05, 3.63) is 41.5 Å². The first-order valence-corrected chi connectivity index (χ1v) is 9.57. The second-order valence-corrected chi connectivity index (χ2v) is 8.15. The van der Waals surface area contributed by atoms with Gasteiger partial charge in [-0.3, -0.25) is 14.5 Å². The number of benzene rings is 1. The van der Waals surface area contributed by atoms with Crippen LogP contribution in [0.15, 0.2) is 35.9 Å². The van der Waals surface area contributed by atoms with E-state index in [1.165, 1.54) is 10.6 Å². The third kappa shape index (κ3) is 1.89. The zero-order valence-electron chi connectivity index (χ0n) is 15.6. The van der Waals surface area contributed by atoms with Gasteiger partial charge >= 0.3 is 0 Å². The van der Waals surface area contributed by atoms with Gasteiger partial charge in [0.25, 0.3) is 5.91 Å². The molecule has 1 aliphatic carbocycles. The summed E-state index contributed by atoms with van der Waals surface area (Å²) in [7, 11) is 3.77. The minimum atomic E-state index is -0.641. The zero-order chi connectivity index (χ0) is 18.1. The van der Waals surface area contributed by atoms with Gasteiger partial charge in [0.1, 0.15) is 5.41 Å². The average Bonchev–Trinajstić information content (AvgIpc) is 2.77. The van der Waals surface area contributed by atoms with Crippen LogP contribution in [0.2, 0.25) is 0 Å². The molecule has 1 aromatic rings. The molecule has 0 radical (unpaired) electrons. The molecule has 2 unspecified atom stereocenters. The summed E-state index contributed by atoms with van der Waals surface area (Å²) in [5.74, 6) is 1.03. The van der Waals surface area contributed by atoms with E-state index in [1.807, 2.05) is 18.2 Å². The van der Waals surface area contributed by atoms with Gasteiger partial charge in [-0.2, -0.15) is 5.06 Å². The molecule has 4 aliphatic heterocycles. The maximum atomic E-state index is 13.6. The highest BCUT2D eigenvalue weighted by Crippen LogP contribution is 2.57. The van der Waals surface area contributed by atoms with Crippen LogP contribution in [0.1, 0.15) is 25.3 Å². The molecular formula is C21H26N2O3. The Morgan fingerprint density at radius 1 is 1.35 bits per heavy atom. The number of anilines is 1. The number of piperidine rings is 1. The van der Waals surface area contributed by atoms with Gasteiger partial charge < -0.3 is 4.74 Å². The Labute approximate surface area is 154 Å². The van der Waals surface area contributed by atoms with Crippen LogP contribution in [0.4, 0.5) is 5.69 Å². The summed E-state index contributed by atoms with van der Waals surface area (Å²) >= 11 is 0. The number of amides is 1. The largest absolute Gasteiger partial charge is 0.376 e. The van der Waals surface area contributed by atoms with Crippen molar-refractivity contribution in [2.24, 2.45) is 11.8 Å². The quantitative estimate of drug-likeness (QED) is 0.727. The highest BCUT2D eigenvalue weighted by molar-refractivity contribution is 6.07. The van der Waals surface area contributed by atoms with E-state index < -0.39 is 5.41 Å². The summed E-state index contributed by atoms with van der Waals surface area (Å²) < 4.78 is 6.38. The number of hydroxylamine groups is 1. The van der Waals surface area contributed by atoms with Crippen molar-refractivity contribution in [1.29, 1.82) is 0 Å². The minimum absolute atomic E-state index is 0.0369. The molecule has 1 saturated carbocycles. The molecule has 5 aliphatic rings. The summed E-state index contributed by atoms with van der Waals surface area (Å²) in [6.45, 7) is 3.88. The maximum absolute atomic E-state index is 13.6. The van der Waals surface area contributed by atoms with Crippen molar-refractivity contribution in [2.75, 3.05) is 32.4 Å². The van der Waals surface area contributed by atoms with E-state index >= 15 is 0 Å². The van der Waals surface area contributed by atoms with Gasteiger partial charge in [0.2, 0.25) is 0 Å². The monoisotopic (exact) mass is 354 g/mol. The molecule has 138 valence electrons. The Kier molecular flexibility index (Phi) is 3.58. The Hall–Kier alpha value is -1.69. The summed E-state index contributed by atoms with van der Waals surface area (Å²) in [5.41, 5.74) is 2.80. The summed E-state index contributed by atoms with van der Waals surface area (Å²) in [4.78, 5) is 21.6. The molecule has 1 aromatic carbocycles. The topological polar surface area (TPSA) is 42.0 Å². The lowest BCUT2D eigenvalue weighted by Crippen LogP contribution is -2.50. The SMILES string of the molecule is CC=C1CN(C)C2C[C@@]3(C(=O)N(OC)c4ccccc43)[C@@H]3C[C@@H]1C2CO3. The molecule has 6 rings (SSSR count). The highest BCUT2D eigenvalue weighted by atomic mass is 16.7. The number of ether oxygens (including phenoxy) is 1. The van der Waals surface area contributed by atoms with Crippen LogP contribution in [-0.4, -0.2) is 50.3 Å². The lowest BCUT2D eigenvalue weighted by molar-refractivity contribution is -0.137. The zero-order valence-corrected chi connectivity index (χ0v) is 15.6. The first-order valence-electron chi connectivity index (χ1n) is 9.57. The van der Waals surface area contributed by atoms with Crippen LogP contribution in [-0.2, 0) is 19.8 Å². The van der Waals surface area contributed by atoms with E-state index in [2.05, 4.69) is 31.0 Å². The highest BCUT2D eigenvalue weighted by Gasteiger charge is 2.63. The van der Waals surface area contributed by atoms with Crippen molar-refractivity contribution in [2.45, 2.75) is 37.3 Å². The van der Waals surface area contributed by atoms with Gasteiger partial charge in [0.15, 0.2) is 0 Å². The normalized spacial score (nSPS) is 40.3. The predicted molar refractivity (Wildman–Crippen MR) is 98.7 cm³/mol. The van der Waals surface area contributed by atoms with Crippen LogP contribution in [0.3, 0.4) is 0 Å². The van der Waals surface area contributed by atoms with Gasteiger partial charge in [0.05, 0.1) is 25.5 Å². The van der Waals surface area contributed by atoms with Crippen molar-refractivity contribution in [3.63, 3.8) is 0 Å². The molecule has 4 bridgehead atoms. The first-order chi connectivity index (χ1) is 12.6. The Morgan fingerprint density at radius 3 is 2.92 bits per heavy atom. The van der Waals surface area contributed by atoms with Gasteiger partial charge in [-0.25, -0.2) is 0 Å². The molecule has 26 heavy (non-hydrogen) atoms. The van der Waals surface area contributed by atoms with Gasteiger partial charge in [-0.15, -0.1) is 0 Å². The van der Waals surface area contributed by atoms with Crippen LogP contribution < -0.4 is 5.06 Å². The number of fused-ring (bicyclic) bond motifs is 2. The molecule has 0 N–H and O–H groups in total. The van der Waals surface area contributed by atoms with Crippen molar-refractivity contribution < 1.29 is 14.4 Å². The number of hydrogen-bond donors (Lipinski definition) is 0. The number of para-hydroxylation sites is 1. The molecular weight excluding hydrogens is 328 g/mol. The smallest absolute Gasteiger partial charge is 0.264 e. The number of hydrogen-bond acceptors (Lipinski definition) is 4. The number of allylic oxidation sites excluding steroid dienone is 1. The lowest BCUT2D eigenvalue weighted by atomic mass is 9.72. The maximum Gasteiger partial charge on any atom is 0.264 e. The van der Waals surface area contributed by atoms with Gasteiger partial charge in [-0.1, -0.05) is 29.8 Å². The molecule has 4 fully saturated rings. The second kappa shape index (κ2) is 5.65. The Balaban J connectivity index is 1.70. The molecule has 5 atom stereocenters. The third-order valence-corrected chi connectivity index (χ3v) is 7.25. The van der Waals surface area contributed by atoms with Crippen LogP contribution in [0.25, 0.3) is 0 Å². The fourth-order valence-electron chi connectivity index (χ4n) is 6.01. The number of likely N-dealkylation sites (tertiary alicyclic amines) is 1. The van der Waals surface area contributed by atoms with Crippen LogP contribution in [0, 0.1) is 11.8 Å². The van der Waals surface area contributed by atoms with E-state index in [1.54, 1.807) is 7.11 Å². The summed E-state index contributed by atoms with van der Waals surface area (Å²) in [6.07, 6.45) is 3.91. The van der Waals surface area contributed by atoms with E-state index in [4.69, 9.17) is 9.57 Å². The molecule has 3 saturated heterocycles. The van der Waals surface area contributed by atoms with Crippen molar-refractivity contribution in [1.82, 2.24) is 4.90 Å². The van der Waals surface area contributed by atoms with Gasteiger partial charge in [-0.05, 0) is 44.4 Å². The minimum Gasteiger partial charge on any atom is -0.376 e.